The Morgan fingerprint density at radius 2 is 1.02 bits per heavy atom. The van der Waals surface area contributed by atoms with Gasteiger partial charge in [-0.1, -0.05) is 153 Å². The van der Waals surface area contributed by atoms with Gasteiger partial charge in [-0.2, -0.15) is 0 Å². The van der Waals surface area contributed by atoms with Crippen molar-refractivity contribution in [2.45, 2.75) is 180 Å². The molecule has 0 radical (unpaired) electrons. The Morgan fingerprint density at radius 3 is 1.53 bits per heavy atom. The van der Waals surface area contributed by atoms with Crippen LogP contribution in [-0.2, 0) is 28.2 Å². The zero-order chi connectivity index (χ0) is 34.7. The van der Waals surface area contributed by atoms with Crippen LogP contribution in [0.25, 0.3) is 0 Å². The summed E-state index contributed by atoms with van der Waals surface area (Å²) in [6, 6.07) is 0. The van der Waals surface area contributed by atoms with Gasteiger partial charge in [-0.3, -0.25) is 14.1 Å². The first-order valence-electron chi connectivity index (χ1n) is 18.8. The number of phosphoric acid groups is 1. The number of unbranched alkanes of at least 4 members (excludes halogenated alkanes) is 18. The fourth-order valence-corrected chi connectivity index (χ4v) is 5.51. The molecule has 0 saturated heterocycles. The van der Waals surface area contributed by atoms with E-state index in [-0.39, 0.29) is 19.4 Å². The minimum atomic E-state index is -4.75. The van der Waals surface area contributed by atoms with Crippen molar-refractivity contribution >= 4 is 19.8 Å². The highest BCUT2D eigenvalue weighted by Crippen LogP contribution is 2.36. The molecule has 0 aromatic carbocycles. The average molecular weight is 685 g/mol. The molecule has 274 valence electrons. The van der Waals surface area contributed by atoms with Crippen LogP contribution in [-0.4, -0.2) is 41.0 Å². The molecule has 0 amide bonds. The van der Waals surface area contributed by atoms with Gasteiger partial charge in [-0.25, -0.2) is 4.57 Å². The largest absolute Gasteiger partial charge is 0.469 e. The van der Waals surface area contributed by atoms with E-state index in [9.17, 15) is 14.2 Å². The van der Waals surface area contributed by atoms with Crippen molar-refractivity contribution in [3.05, 3.63) is 36.5 Å². The fourth-order valence-electron chi connectivity index (χ4n) is 5.15. The van der Waals surface area contributed by atoms with Gasteiger partial charge in [0, 0.05) is 12.8 Å². The number of hydrogen-bond donors (Lipinski definition) is 2. The van der Waals surface area contributed by atoms with Crippen LogP contribution in [0.5, 0.6) is 0 Å². The summed E-state index contributed by atoms with van der Waals surface area (Å²) >= 11 is 0. The quantitative estimate of drug-likeness (QED) is 0.0297. The number of ether oxygens (including phenoxy) is 2. The van der Waals surface area contributed by atoms with E-state index in [1.807, 2.05) is 0 Å². The molecule has 0 aliphatic rings. The van der Waals surface area contributed by atoms with Gasteiger partial charge in [0.2, 0.25) is 0 Å². The lowest BCUT2D eigenvalue weighted by Gasteiger charge is -2.18. The van der Waals surface area contributed by atoms with E-state index in [2.05, 4.69) is 54.8 Å². The normalized spacial score (nSPS) is 12.9. The second-order valence-corrected chi connectivity index (χ2v) is 13.8. The molecule has 0 aliphatic carbocycles. The van der Waals surface area contributed by atoms with Gasteiger partial charge in [0.25, 0.3) is 0 Å². The van der Waals surface area contributed by atoms with E-state index in [0.29, 0.717) is 6.42 Å². The number of hydrogen-bond acceptors (Lipinski definition) is 6. The molecule has 0 bridgehead atoms. The van der Waals surface area contributed by atoms with Crippen molar-refractivity contribution in [2.24, 2.45) is 0 Å². The molecule has 0 heterocycles. The van der Waals surface area contributed by atoms with E-state index in [4.69, 9.17) is 19.3 Å². The molecule has 2 N–H and O–H groups in total. The van der Waals surface area contributed by atoms with Crippen LogP contribution in [0.2, 0.25) is 0 Å². The summed E-state index contributed by atoms with van der Waals surface area (Å²) in [7, 11) is -4.75. The lowest BCUT2D eigenvalue weighted by atomic mass is 10.0. The van der Waals surface area contributed by atoms with Gasteiger partial charge in [0.15, 0.2) is 6.10 Å². The molecule has 0 fully saturated rings. The molecule has 47 heavy (non-hydrogen) atoms. The van der Waals surface area contributed by atoms with E-state index in [0.717, 1.165) is 70.6 Å². The SMILES string of the molecule is CC/C=C/C/C=C/C/C=C/CCCCCCCC(=O)O[C@H](COC(=O)CCCCCCCCCCCCCCCC)COP(=O)(O)O. The van der Waals surface area contributed by atoms with Crippen molar-refractivity contribution in [1.82, 2.24) is 0 Å². The Balaban J connectivity index is 3.99. The average Bonchev–Trinajstić information content (AvgIpc) is 3.03. The summed E-state index contributed by atoms with van der Waals surface area (Å²) in [4.78, 5) is 42.7. The fraction of sp³-hybridized carbons (Fsp3) is 0.789. The maximum Gasteiger partial charge on any atom is 0.469 e. The summed E-state index contributed by atoms with van der Waals surface area (Å²) in [5, 5.41) is 0. The molecule has 0 aromatic rings. The van der Waals surface area contributed by atoms with Crippen LogP contribution in [0, 0.1) is 0 Å². The second-order valence-electron chi connectivity index (χ2n) is 12.5. The summed E-state index contributed by atoms with van der Waals surface area (Å²) in [6.45, 7) is 3.55. The zero-order valence-corrected chi connectivity index (χ0v) is 30.8. The molecule has 0 rings (SSSR count). The Morgan fingerprint density at radius 1 is 0.574 bits per heavy atom. The number of carbonyl (C=O) groups is 2. The van der Waals surface area contributed by atoms with Gasteiger partial charge in [-0.15, -0.1) is 0 Å². The Labute approximate surface area is 287 Å². The van der Waals surface area contributed by atoms with Crippen LogP contribution >= 0.6 is 7.82 Å². The van der Waals surface area contributed by atoms with Crippen molar-refractivity contribution < 1.29 is 37.9 Å². The smallest absolute Gasteiger partial charge is 0.462 e. The lowest BCUT2D eigenvalue weighted by molar-refractivity contribution is -0.161. The molecular weight excluding hydrogens is 615 g/mol. The molecule has 8 nitrogen and oxygen atoms in total. The predicted molar refractivity (Wildman–Crippen MR) is 193 cm³/mol. The van der Waals surface area contributed by atoms with Crippen molar-refractivity contribution in [2.75, 3.05) is 13.2 Å². The van der Waals surface area contributed by atoms with Gasteiger partial charge in [-0.05, 0) is 44.9 Å². The molecule has 0 spiro atoms. The number of allylic oxidation sites excluding steroid dienone is 6. The van der Waals surface area contributed by atoms with Gasteiger partial charge >= 0.3 is 19.8 Å². The standard InChI is InChI=1S/C38H69O8P/c1-3-5-7-9-11-13-15-17-19-21-23-25-27-29-31-33-38(40)46-36(35-45-47(41,42)43)34-44-37(39)32-30-28-26-24-22-20-18-16-14-12-10-8-6-4-2/h5,7,11,13,17,19,36H,3-4,6,8-10,12,14-16,18,20-35H2,1-2H3,(H2,41,42,43)/b7-5+,13-11+,19-17+/t36-/m1/s1. The Bertz CT molecular complexity index is 864. The first-order chi connectivity index (χ1) is 22.8. The molecular formula is C38H69O8P. The topological polar surface area (TPSA) is 119 Å². The number of carbonyl (C=O) groups excluding carboxylic acids is 2. The van der Waals surface area contributed by atoms with Crippen LogP contribution in [0.4, 0.5) is 0 Å². The molecule has 0 saturated carbocycles. The summed E-state index contributed by atoms with van der Waals surface area (Å²) in [5.74, 6) is -0.902. The maximum absolute atomic E-state index is 12.3. The lowest BCUT2D eigenvalue weighted by Crippen LogP contribution is -2.29. The van der Waals surface area contributed by atoms with Gasteiger partial charge < -0.3 is 19.3 Å². The molecule has 0 aliphatic heterocycles. The highest BCUT2D eigenvalue weighted by Gasteiger charge is 2.22. The minimum absolute atomic E-state index is 0.194. The summed E-state index contributed by atoms with van der Waals surface area (Å²) < 4.78 is 26.3. The third-order valence-electron chi connectivity index (χ3n) is 7.92. The van der Waals surface area contributed by atoms with E-state index < -0.39 is 32.5 Å². The predicted octanol–water partition coefficient (Wildman–Crippen LogP) is 11.0. The highest BCUT2D eigenvalue weighted by molar-refractivity contribution is 7.46. The molecule has 1 atom stereocenters. The van der Waals surface area contributed by atoms with Gasteiger partial charge in [0.05, 0.1) is 6.61 Å². The van der Waals surface area contributed by atoms with Crippen LogP contribution in [0.3, 0.4) is 0 Å². The molecule has 9 heteroatoms. The Kier molecular flexibility index (Phi) is 32.9. The first kappa shape index (κ1) is 45.3. The van der Waals surface area contributed by atoms with Crippen LogP contribution < -0.4 is 0 Å². The van der Waals surface area contributed by atoms with E-state index in [1.165, 1.54) is 70.6 Å². The summed E-state index contributed by atoms with van der Waals surface area (Å²) in [5.41, 5.74) is 0. The molecule has 0 aromatic heterocycles. The highest BCUT2D eigenvalue weighted by atomic mass is 31.2. The van der Waals surface area contributed by atoms with Crippen molar-refractivity contribution in [1.29, 1.82) is 0 Å². The second kappa shape index (κ2) is 34.1. The van der Waals surface area contributed by atoms with Gasteiger partial charge in [0.1, 0.15) is 6.61 Å². The maximum atomic E-state index is 12.3. The van der Waals surface area contributed by atoms with Crippen molar-refractivity contribution in [3.63, 3.8) is 0 Å². The number of rotatable bonds is 34. The van der Waals surface area contributed by atoms with Crippen LogP contribution in [0.15, 0.2) is 36.5 Å². The molecule has 0 unspecified atom stereocenters. The van der Waals surface area contributed by atoms with E-state index in [1.54, 1.807) is 0 Å². The van der Waals surface area contributed by atoms with E-state index >= 15 is 0 Å². The monoisotopic (exact) mass is 684 g/mol. The Hall–Kier alpha value is -1.73. The summed E-state index contributed by atoms with van der Waals surface area (Å²) in [6.07, 6.45) is 38.6. The number of phosphoric ester groups is 1. The first-order valence-corrected chi connectivity index (χ1v) is 20.3. The zero-order valence-electron chi connectivity index (χ0n) is 29.9. The number of esters is 2. The minimum Gasteiger partial charge on any atom is -0.462 e. The third kappa shape index (κ3) is 36.9. The van der Waals surface area contributed by atoms with Crippen molar-refractivity contribution in [3.8, 4) is 0 Å². The van der Waals surface area contributed by atoms with Crippen LogP contribution in [0.1, 0.15) is 174 Å². The third-order valence-corrected chi connectivity index (χ3v) is 8.41.